The molecule has 1 aromatic rings. The molecular weight excluding hydrogens is 302 g/mol. The Morgan fingerprint density at radius 2 is 2.17 bits per heavy atom. The molecule has 2 aliphatic heterocycles. The van der Waals surface area contributed by atoms with Crippen molar-refractivity contribution in [2.75, 3.05) is 44.7 Å². The van der Waals surface area contributed by atoms with Gasteiger partial charge < -0.3 is 20.4 Å². The maximum absolute atomic E-state index is 12.4. The molecule has 0 aliphatic carbocycles. The molecule has 1 aromatic heterocycles. The van der Waals surface area contributed by atoms with E-state index in [1.165, 1.54) is 0 Å². The van der Waals surface area contributed by atoms with Gasteiger partial charge in [-0.1, -0.05) is 0 Å². The fraction of sp³-hybridized carbons (Fsp3) is 0.667. The first-order chi connectivity index (χ1) is 11.6. The van der Waals surface area contributed by atoms with Crippen molar-refractivity contribution in [3.8, 4) is 0 Å². The van der Waals surface area contributed by atoms with Crippen molar-refractivity contribution in [3.63, 3.8) is 0 Å². The molecule has 24 heavy (non-hydrogen) atoms. The maximum atomic E-state index is 12.4. The number of rotatable bonds is 4. The normalized spacial score (nSPS) is 25.5. The molecule has 0 aromatic carbocycles. The SMILES string of the molecule is C[C@H]1C[C@@H](C(=O)NCc2ccnc(N3CCN(C)CC3)c2)CCN1. The summed E-state index contributed by atoms with van der Waals surface area (Å²) >= 11 is 0. The van der Waals surface area contributed by atoms with E-state index in [2.05, 4.69) is 45.5 Å². The van der Waals surface area contributed by atoms with Crippen molar-refractivity contribution in [2.24, 2.45) is 5.92 Å². The monoisotopic (exact) mass is 331 g/mol. The van der Waals surface area contributed by atoms with Crippen molar-refractivity contribution >= 4 is 11.7 Å². The molecule has 2 fully saturated rings. The lowest BCUT2D eigenvalue weighted by molar-refractivity contribution is -0.126. The summed E-state index contributed by atoms with van der Waals surface area (Å²) in [5, 5.41) is 6.50. The number of nitrogens with one attached hydrogen (secondary N) is 2. The molecule has 2 atom stereocenters. The molecule has 0 spiro atoms. The van der Waals surface area contributed by atoms with Gasteiger partial charge >= 0.3 is 0 Å². The lowest BCUT2D eigenvalue weighted by atomic mass is 9.92. The van der Waals surface area contributed by atoms with E-state index in [9.17, 15) is 4.79 Å². The van der Waals surface area contributed by atoms with Gasteiger partial charge in [-0.2, -0.15) is 0 Å². The predicted octanol–water partition coefficient (Wildman–Crippen LogP) is 0.838. The van der Waals surface area contributed by atoms with E-state index in [1.54, 1.807) is 0 Å². The van der Waals surface area contributed by atoms with Crippen LogP contribution in [0.5, 0.6) is 0 Å². The summed E-state index contributed by atoms with van der Waals surface area (Å²) < 4.78 is 0. The van der Waals surface area contributed by atoms with Gasteiger partial charge in [0, 0.05) is 50.9 Å². The van der Waals surface area contributed by atoms with Crippen LogP contribution in [-0.2, 0) is 11.3 Å². The minimum Gasteiger partial charge on any atom is -0.354 e. The van der Waals surface area contributed by atoms with E-state index in [-0.39, 0.29) is 11.8 Å². The second kappa shape index (κ2) is 7.94. The number of hydrogen-bond acceptors (Lipinski definition) is 5. The number of nitrogens with zero attached hydrogens (tertiary/aromatic N) is 3. The van der Waals surface area contributed by atoms with E-state index >= 15 is 0 Å². The number of anilines is 1. The first kappa shape index (κ1) is 17.2. The zero-order valence-electron chi connectivity index (χ0n) is 14.8. The van der Waals surface area contributed by atoms with Crippen LogP contribution < -0.4 is 15.5 Å². The Kier molecular flexibility index (Phi) is 5.68. The lowest BCUT2D eigenvalue weighted by Crippen LogP contribution is -2.44. The van der Waals surface area contributed by atoms with Crippen LogP contribution in [-0.4, -0.2) is 61.6 Å². The van der Waals surface area contributed by atoms with Crippen LogP contribution >= 0.6 is 0 Å². The van der Waals surface area contributed by atoms with Gasteiger partial charge in [-0.15, -0.1) is 0 Å². The summed E-state index contributed by atoms with van der Waals surface area (Å²) in [6.45, 7) is 7.80. The number of aromatic nitrogens is 1. The summed E-state index contributed by atoms with van der Waals surface area (Å²) in [7, 11) is 2.15. The van der Waals surface area contributed by atoms with Crippen LogP contribution in [0.1, 0.15) is 25.3 Å². The van der Waals surface area contributed by atoms with Gasteiger partial charge in [0.2, 0.25) is 5.91 Å². The zero-order valence-corrected chi connectivity index (χ0v) is 14.8. The second-order valence-corrected chi connectivity index (χ2v) is 7.11. The highest BCUT2D eigenvalue weighted by Gasteiger charge is 2.24. The van der Waals surface area contributed by atoms with E-state index in [1.807, 2.05) is 12.3 Å². The largest absolute Gasteiger partial charge is 0.354 e. The number of pyridine rings is 1. The molecule has 3 rings (SSSR count). The molecule has 132 valence electrons. The number of likely N-dealkylation sites (N-methyl/N-ethyl adjacent to an activating group) is 1. The maximum Gasteiger partial charge on any atom is 0.223 e. The highest BCUT2D eigenvalue weighted by Crippen LogP contribution is 2.17. The number of amides is 1. The second-order valence-electron chi connectivity index (χ2n) is 7.11. The van der Waals surface area contributed by atoms with Gasteiger partial charge in [0.1, 0.15) is 5.82 Å². The third-order valence-electron chi connectivity index (χ3n) is 5.10. The molecule has 0 radical (unpaired) electrons. The van der Waals surface area contributed by atoms with E-state index in [0.717, 1.165) is 56.9 Å². The number of carbonyl (C=O) groups is 1. The molecule has 2 aliphatic rings. The summed E-state index contributed by atoms with van der Waals surface area (Å²) in [6, 6.07) is 4.53. The molecule has 0 saturated carbocycles. The minimum atomic E-state index is 0.139. The number of piperidine rings is 1. The fourth-order valence-electron chi connectivity index (χ4n) is 3.48. The van der Waals surface area contributed by atoms with Crippen molar-refractivity contribution in [1.29, 1.82) is 0 Å². The lowest BCUT2D eigenvalue weighted by Gasteiger charge is -2.33. The number of piperazine rings is 1. The molecule has 6 nitrogen and oxygen atoms in total. The third kappa shape index (κ3) is 4.45. The van der Waals surface area contributed by atoms with Crippen LogP contribution in [0.25, 0.3) is 0 Å². The van der Waals surface area contributed by atoms with Crippen LogP contribution in [0.2, 0.25) is 0 Å². The number of hydrogen-bond donors (Lipinski definition) is 2. The highest BCUT2D eigenvalue weighted by molar-refractivity contribution is 5.78. The summed E-state index contributed by atoms with van der Waals surface area (Å²) in [5.41, 5.74) is 1.12. The smallest absolute Gasteiger partial charge is 0.223 e. The Labute approximate surface area is 144 Å². The highest BCUT2D eigenvalue weighted by atomic mass is 16.1. The molecule has 2 saturated heterocycles. The first-order valence-electron chi connectivity index (χ1n) is 9.01. The average molecular weight is 331 g/mol. The van der Waals surface area contributed by atoms with Crippen molar-refractivity contribution < 1.29 is 4.79 Å². The van der Waals surface area contributed by atoms with Gasteiger partial charge in [0.25, 0.3) is 0 Å². The molecule has 0 bridgehead atoms. The van der Waals surface area contributed by atoms with Crippen LogP contribution in [0.3, 0.4) is 0 Å². The van der Waals surface area contributed by atoms with Crippen molar-refractivity contribution in [3.05, 3.63) is 23.9 Å². The van der Waals surface area contributed by atoms with E-state index in [4.69, 9.17) is 0 Å². The van der Waals surface area contributed by atoms with E-state index in [0.29, 0.717) is 12.6 Å². The Morgan fingerprint density at radius 1 is 1.38 bits per heavy atom. The van der Waals surface area contributed by atoms with Gasteiger partial charge in [0.15, 0.2) is 0 Å². The zero-order chi connectivity index (χ0) is 16.9. The molecule has 3 heterocycles. The molecule has 1 amide bonds. The Bertz CT molecular complexity index is 556. The van der Waals surface area contributed by atoms with Gasteiger partial charge in [0.05, 0.1) is 0 Å². The van der Waals surface area contributed by atoms with Crippen LogP contribution in [0.4, 0.5) is 5.82 Å². The van der Waals surface area contributed by atoms with Gasteiger partial charge in [-0.05, 0) is 51.1 Å². The minimum absolute atomic E-state index is 0.139. The number of carbonyl (C=O) groups excluding carboxylic acids is 1. The summed E-state index contributed by atoms with van der Waals surface area (Å²) in [6.07, 6.45) is 3.70. The van der Waals surface area contributed by atoms with E-state index < -0.39 is 0 Å². The molecular formula is C18H29N5O. The first-order valence-corrected chi connectivity index (χ1v) is 9.01. The third-order valence-corrected chi connectivity index (χ3v) is 5.10. The van der Waals surface area contributed by atoms with Crippen LogP contribution in [0.15, 0.2) is 18.3 Å². The van der Waals surface area contributed by atoms with Crippen molar-refractivity contribution in [1.82, 2.24) is 20.5 Å². The topological polar surface area (TPSA) is 60.5 Å². The molecule has 2 N–H and O–H groups in total. The quantitative estimate of drug-likeness (QED) is 0.856. The Morgan fingerprint density at radius 3 is 2.92 bits per heavy atom. The van der Waals surface area contributed by atoms with Gasteiger partial charge in [-0.3, -0.25) is 4.79 Å². The standard InChI is InChI=1S/C18H29N5O/c1-14-11-16(4-6-19-14)18(24)21-13-15-3-5-20-17(12-15)23-9-7-22(2)8-10-23/h3,5,12,14,16,19H,4,6-11,13H2,1-2H3,(H,21,24)/t14-,16-/m0/s1. The Balaban J connectivity index is 1.54. The fourth-order valence-corrected chi connectivity index (χ4v) is 3.48. The molecule has 0 unspecified atom stereocenters. The summed E-state index contributed by atoms with van der Waals surface area (Å²) in [4.78, 5) is 21.5. The van der Waals surface area contributed by atoms with Gasteiger partial charge in [-0.25, -0.2) is 4.98 Å². The van der Waals surface area contributed by atoms with Crippen LogP contribution in [0, 0.1) is 5.92 Å². The van der Waals surface area contributed by atoms with Crippen molar-refractivity contribution in [2.45, 2.75) is 32.4 Å². The molecule has 6 heteroatoms. The predicted molar refractivity (Wildman–Crippen MR) is 96.0 cm³/mol. The summed E-state index contributed by atoms with van der Waals surface area (Å²) in [5.74, 6) is 1.34. The Hall–Kier alpha value is -1.66. The average Bonchev–Trinajstić information content (AvgIpc) is 2.60.